The van der Waals surface area contributed by atoms with Gasteiger partial charge in [-0.15, -0.1) is 0 Å². The lowest BCUT2D eigenvalue weighted by molar-refractivity contribution is -0.118. The van der Waals surface area contributed by atoms with Crippen LogP contribution in [0.2, 0.25) is 0 Å². The number of halogens is 1. The standard InChI is InChI=1S/C19H18FNO3/c1-19(2,3)24-18(23)21-15-10-5-4-9-14(15)16(17(21)22)12-7-6-8-13(20)11-12/h4-11,16H,1-3H3. The summed E-state index contributed by atoms with van der Waals surface area (Å²) in [6, 6.07) is 12.9. The molecular formula is C19H18FNO3. The average molecular weight is 327 g/mol. The van der Waals surface area contributed by atoms with E-state index in [2.05, 4.69) is 0 Å². The molecule has 1 aliphatic heterocycles. The highest BCUT2D eigenvalue weighted by Gasteiger charge is 2.43. The molecule has 5 heteroatoms. The summed E-state index contributed by atoms with van der Waals surface area (Å²) in [6.45, 7) is 5.21. The van der Waals surface area contributed by atoms with Gasteiger partial charge in [-0.2, -0.15) is 0 Å². The molecule has 4 nitrogen and oxygen atoms in total. The predicted octanol–water partition coefficient (Wildman–Crippen LogP) is 4.24. The topological polar surface area (TPSA) is 46.6 Å². The average Bonchev–Trinajstić information content (AvgIpc) is 2.77. The molecule has 1 atom stereocenters. The molecule has 3 rings (SSSR count). The third-order valence-corrected chi connectivity index (χ3v) is 3.71. The number of amides is 2. The van der Waals surface area contributed by atoms with Crippen molar-refractivity contribution in [1.29, 1.82) is 0 Å². The number of para-hydroxylation sites is 1. The number of hydrogen-bond donors (Lipinski definition) is 0. The van der Waals surface area contributed by atoms with Gasteiger partial charge in [-0.1, -0.05) is 30.3 Å². The Labute approximate surface area is 139 Å². The number of fused-ring (bicyclic) bond motifs is 1. The molecule has 2 amide bonds. The van der Waals surface area contributed by atoms with Gasteiger partial charge in [-0.3, -0.25) is 4.79 Å². The van der Waals surface area contributed by atoms with E-state index in [0.717, 1.165) is 4.90 Å². The van der Waals surface area contributed by atoms with Gasteiger partial charge in [0.15, 0.2) is 0 Å². The molecule has 124 valence electrons. The summed E-state index contributed by atoms with van der Waals surface area (Å²) in [5.41, 5.74) is 0.937. The van der Waals surface area contributed by atoms with Gasteiger partial charge < -0.3 is 4.74 Å². The molecule has 0 radical (unpaired) electrons. The highest BCUT2D eigenvalue weighted by Crippen LogP contribution is 2.41. The number of nitrogens with zero attached hydrogens (tertiary/aromatic N) is 1. The van der Waals surface area contributed by atoms with Crippen LogP contribution in [-0.4, -0.2) is 17.6 Å². The van der Waals surface area contributed by atoms with E-state index in [4.69, 9.17) is 4.74 Å². The molecule has 24 heavy (non-hydrogen) atoms. The van der Waals surface area contributed by atoms with Crippen LogP contribution in [0, 0.1) is 5.82 Å². The maximum Gasteiger partial charge on any atom is 0.421 e. The molecule has 1 unspecified atom stereocenters. The van der Waals surface area contributed by atoms with Crippen molar-refractivity contribution < 1.29 is 18.7 Å². The number of carbonyl (C=O) groups is 2. The number of imide groups is 1. The molecule has 2 aromatic carbocycles. The van der Waals surface area contributed by atoms with E-state index in [0.29, 0.717) is 16.8 Å². The molecular weight excluding hydrogens is 309 g/mol. The Morgan fingerprint density at radius 3 is 2.50 bits per heavy atom. The monoisotopic (exact) mass is 327 g/mol. The van der Waals surface area contributed by atoms with Crippen molar-refractivity contribution in [1.82, 2.24) is 0 Å². The fourth-order valence-electron chi connectivity index (χ4n) is 2.82. The van der Waals surface area contributed by atoms with E-state index in [-0.39, 0.29) is 0 Å². The largest absolute Gasteiger partial charge is 0.443 e. The molecule has 0 fully saturated rings. The van der Waals surface area contributed by atoms with Crippen molar-refractivity contribution in [2.24, 2.45) is 0 Å². The van der Waals surface area contributed by atoms with Gasteiger partial charge in [0.2, 0.25) is 5.91 Å². The summed E-state index contributed by atoms with van der Waals surface area (Å²) >= 11 is 0. The van der Waals surface area contributed by atoms with Crippen molar-refractivity contribution in [2.45, 2.75) is 32.3 Å². The van der Waals surface area contributed by atoms with E-state index in [1.54, 1.807) is 57.2 Å². The van der Waals surface area contributed by atoms with E-state index in [1.807, 2.05) is 0 Å². The molecule has 0 saturated heterocycles. The highest BCUT2D eigenvalue weighted by atomic mass is 19.1. The maximum absolute atomic E-state index is 13.6. The van der Waals surface area contributed by atoms with E-state index < -0.39 is 29.3 Å². The molecule has 0 aromatic heterocycles. The fraction of sp³-hybridized carbons (Fsp3) is 0.263. The number of benzene rings is 2. The lowest BCUT2D eigenvalue weighted by Gasteiger charge is -2.24. The van der Waals surface area contributed by atoms with Crippen LogP contribution in [0.1, 0.15) is 37.8 Å². The van der Waals surface area contributed by atoms with Crippen LogP contribution in [0.25, 0.3) is 0 Å². The Hall–Kier alpha value is -2.69. The Bertz CT molecular complexity index is 810. The first-order valence-electron chi connectivity index (χ1n) is 7.69. The first-order chi connectivity index (χ1) is 11.3. The minimum absolute atomic E-state index is 0.423. The van der Waals surface area contributed by atoms with Crippen molar-refractivity contribution in [2.75, 3.05) is 4.90 Å². The first-order valence-corrected chi connectivity index (χ1v) is 7.69. The van der Waals surface area contributed by atoms with Gasteiger partial charge in [0, 0.05) is 0 Å². The second kappa shape index (κ2) is 5.74. The third kappa shape index (κ3) is 2.89. The Morgan fingerprint density at radius 2 is 1.83 bits per heavy atom. The molecule has 1 heterocycles. The van der Waals surface area contributed by atoms with Gasteiger partial charge in [0.1, 0.15) is 11.4 Å². The summed E-state index contributed by atoms with van der Waals surface area (Å²) in [7, 11) is 0. The minimum atomic E-state index is -0.723. The molecule has 0 spiro atoms. The van der Waals surface area contributed by atoms with Crippen molar-refractivity contribution in [3.63, 3.8) is 0 Å². The molecule has 1 aliphatic rings. The summed E-state index contributed by atoms with van der Waals surface area (Å²) in [6.07, 6.45) is -0.723. The SMILES string of the molecule is CC(C)(C)OC(=O)N1C(=O)C(c2cccc(F)c2)c2ccccc21. The Balaban J connectivity index is 2.06. The normalized spacial score (nSPS) is 16.9. The summed E-state index contributed by atoms with van der Waals surface area (Å²) in [4.78, 5) is 26.4. The van der Waals surface area contributed by atoms with Gasteiger partial charge in [-0.05, 0) is 50.1 Å². The van der Waals surface area contributed by atoms with E-state index in [1.165, 1.54) is 12.1 Å². The Kier molecular flexibility index (Phi) is 3.87. The van der Waals surface area contributed by atoms with E-state index in [9.17, 15) is 14.0 Å². The molecule has 0 saturated carbocycles. The third-order valence-electron chi connectivity index (χ3n) is 3.71. The second-order valence-corrected chi connectivity index (χ2v) is 6.70. The zero-order valence-electron chi connectivity index (χ0n) is 13.7. The fourth-order valence-corrected chi connectivity index (χ4v) is 2.82. The number of carbonyl (C=O) groups excluding carboxylic acids is 2. The molecule has 2 aromatic rings. The number of rotatable bonds is 1. The highest BCUT2D eigenvalue weighted by molar-refractivity contribution is 6.20. The van der Waals surface area contributed by atoms with Gasteiger partial charge in [-0.25, -0.2) is 14.1 Å². The lowest BCUT2D eigenvalue weighted by atomic mass is 9.93. The van der Waals surface area contributed by atoms with Crippen molar-refractivity contribution >= 4 is 17.7 Å². The van der Waals surface area contributed by atoms with Gasteiger partial charge in [0.05, 0.1) is 11.6 Å². The van der Waals surface area contributed by atoms with Crippen molar-refractivity contribution in [3.8, 4) is 0 Å². The van der Waals surface area contributed by atoms with Gasteiger partial charge >= 0.3 is 6.09 Å². The summed E-state index contributed by atoms with van der Waals surface area (Å²) < 4.78 is 18.9. The van der Waals surface area contributed by atoms with Gasteiger partial charge in [0.25, 0.3) is 0 Å². The molecule has 0 bridgehead atoms. The molecule has 0 aliphatic carbocycles. The Morgan fingerprint density at radius 1 is 1.12 bits per heavy atom. The van der Waals surface area contributed by atoms with Crippen LogP contribution in [0.5, 0.6) is 0 Å². The van der Waals surface area contributed by atoms with Crippen LogP contribution in [0.3, 0.4) is 0 Å². The second-order valence-electron chi connectivity index (χ2n) is 6.70. The zero-order valence-corrected chi connectivity index (χ0v) is 13.7. The minimum Gasteiger partial charge on any atom is -0.443 e. The van der Waals surface area contributed by atoms with E-state index >= 15 is 0 Å². The van der Waals surface area contributed by atoms with Crippen LogP contribution in [0.4, 0.5) is 14.9 Å². The summed E-state index contributed by atoms with van der Waals surface area (Å²) in [5, 5.41) is 0. The van der Waals surface area contributed by atoms with Crippen LogP contribution < -0.4 is 4.90 Å². The first kappa shape index (κ1) is 16.2. The lowest BCUT2D eigenvalue weighted by Crippen LogP contribution is -2.39. The summed E-state index contributed by atoms with van der Waals surface area (Å²) in [5.74, 6) is -1.58. The van der Waals surface area contributed by atoms with Crippen LogP contribution >= 0.6 is 0 Å². The zero-order chi connectivity index (χ0) is 17.5. The maximum atomic E-state index is 13.6. The predicted molar refractivity (Wildman–Crippen MR) is 88.4 cm³/mol. The number of anilines is 1. The molecule has 0 N–H and O–H groups in total. The smallest absolute Gasteiger partial charge is 0.421 e. The number of hydrogen-bond acceptors (Lipinski definition) is 3. The quantitative estimate of drug-likeness (QED) is 0.787. The van der Waals surface area contributed by atoms with Crippen molar-refractivity contribution in [3.05, 3.63) is 65.5 Å². The van der Waals surface area contributed by atoms with Crippen LogP contribution in [-0.2, 0) is 9.53 Å². The van der Waals surface area contributed by atoms with Crippen LogP contribution in [0.15, 0.2) is 48.5 Å². The number of ether oxygens (including phenoxy) is 1.